The molecule has 0 aromatic heterocycles. The molecule has 3 N–H and O–H groups in total. The average molecular weight is 277 g/mol. The topological polar surface area (TPSA) is 69.6 Å². The summed E-state index contributed by atoms with van der Waals surface area (Å²) in [4.78, 5) is 11.2. The normalized spacial score (nSPS) is 26.2. The Kier molecular flexibility index (Phi) is 4.33. The van der Waals surface area contributed by atoms with E-state index in [1.165, 1.54) is 0 Å². The van der Waals surface area contributed by atoms with Gasteiger partial charge in [0.1, 0.15) is 0 Å². The van der Waals surface area contributed by atoms with Gasteiger partial charge in [0.2, 0.25) is 0 Å². The predicted molar refractivity (Wildman–Crippen MR) is 79.2 cm³/mol. The first-order valence-electron chi connectivity index (χ1n) is 7.20. The number of carboxylic acids is 1. The van der Waals surface area contributed by atoms with Gasteiger partial charge in [-0.05, 0) is 50.7 Å². The van der Waals surface area contributed by atoms with Crippen molar-refractivity contribution in [3.8, 4) is 0 Å². The third-order valence-electron chi connectivity index (χ3n) is 4.22. The van der Waals surface area contributed by atoms with Crippen LogP contribution in [0, 0.1) is 12.8 Å². The highest BCUT2D eigenvalue weighted by Crippen LogP contribution is 2.32. The largest absolute Gasteiger partial charge is 0.478 e. The molecule has 0 atom stereocenters. The molecular weight excluding hydrogens is 254 g/mol. The van der Waals surface area contributed by atoms with Gasteiger partial charge in [-0.25, -0.2) is 4.79 Å². The summed E-state index contributed by atoms with van der Waals surface area (Å²) < 4.78 is 0. The molecule has 1 fully saturated rings. The van der Waals surface area contributed by atoms with Gasteiger partial charge in [-0.3, -0.25) is 0 Å². The molecule has 0 radical (unpaired) electrons. The van der Waals surface area contributed by atoms with Crippen LogP contribution in [-0.4, -0.2) is 28.3 Å². The lowest BCUT2D eigenvalue weighted by Crippen LogP contribution is -2.40. The zero-order valence-electron chi connectivity index (χ0n) is 12.1. The molecule has 0 saturated heterocycles. The van der Waals surface area contributed by atoms with Crippen LogP contribution in [0.25, 0.3) is 0 Å². The van der Waals surface area contributed by atoms with Crippen LogP contribution in [0.15, 0.2) is 18.2 Å². The van der Waals surface area contributed by atoms with Gasteiger partial charge in [-0.15, -0.1) is 0 Å². The van der Waals surface area contributed by atoms with Crippen LogP contribution in [0.2, 0.25) is 0 Å². The first-order chi connectivity index (χ1) is 9.39. The fourth-order valence-corrected chi connectivity index (χ4v) is 2.73. The Hall–Kier alpha value is -1.55. The fraction of sp³-hybridized carbons (Fsp3) is 0.562. The van der Waals surface area contributed by atoms with Crippen molar-refractivity contribution in [1.29, 1.82) is 0 Å². The van der Waals surface area contributed by atoms with Crippen LogP contribution in [0.4, 0.5) is 5.69 Å². The van der Waals surface area contributed by atoms with Crippen molar-refractivity contribution in [1.82, 2.24) is 0 Å². The second kappa shape index (κ2) is 5.83. The number of aromatic carboxylic acids is 1. The summed E-state index contributed by atoms with van der Waals surface area (Å²) in [5.41, 5.74) is 1.04. The Bertz CT molecular complexity index is 490. The lowest BCUT2D eigenvalue weighted by atomic mass is 9.79. The fourth-order valence-electron chi connectivity index (χ4n) is 2.73. The monoisotopic (exact) mass is 277 g/mol. The van der Waals surface area contributed by atoms with E-state index < -0.39 is 11.6 Å². The zero-order valence-corrected chi connectivity index (χ0v) is 12.1. The quantitative estimate of drug-likeness (QED) is 0.791. The molecule has 0 spiro atoms. The average Bonchev–Trinajstić information content (AvgIpc) is 2.41. The van der Waals surface area contributed by atoms with Crippen molar-refractivity contribution in [3.63, 3.8) is 0 Å². The number of nitrogens with one attached hydrogen (secondary N) is 1. The van der Waals surface area contributed by atoms with E-state index in [-0.39, 0.29) is 5.56 Å². The maximum Gasteiger partial charge on any atom is 0.337 e. The lowest BCUT2D eigenvalue weighted by molar-refractivity contribution is 0.00497. The van der Waals surface area contributed by atoms with Crippen molar-refractivity contribution in [2.75, 3.05) is 11.9 Å². The van der Waals surface area contributed by atoms with E-state index in [4.69, 9.17) is 0 Å². The highest BCUT2D eigenvalue weighted by atomic mass is 16.4. The molecular formula is C16H23NO3. The summed E-state index contributed by atoms with van der Waals surface area (Å²) in [6.45, 7) is 4.48. The van der Waals surface area contributed by atoms with Gasteiger partial charge < -0.3 is 15.5 Å². The van der Waals surface area contributed by atoms with Crippen molar-refractivity contribution in [2.45, 2.75) is 45.1 Å². The first kappa shape index (κ1) is 14.9. The Balaban J connectivity index is 2.05. The summed E-state index contributed by atoms with van der Waals surface area (Å²) in [5, 5.41) is 22.9. The number of rotatable bonds is 4. The van der Waals surface area contributed by atoms with Gasteiger partial charge in [-0.2, -0.15) is 0 Å². The summed E-state index contributed by atoms with van der Waals surface area (Å²) in [7, 11) is 0. The number of anilines is 1. The number of benzene rings is 1. The number of aliphatic hydroxyl groups is 1. The van der Waals surface area contributed by atoms with Crippen LogP contribution >= 0.6 is 0 Å². The minimum absolute atomic E-state index is 0.262. The van der Waals surface area contributed by atoms with E-state index in [2.05, 4.69) is 12.2 Å². The van der Waals surface area contributed by atoms with E-state index in [1.807, 2.05) is 13.0 Å². The third-order valence-corrected chi connectivity index (χ3v) is 4.22. The molecule has 2 rings (SSSR count). The molecule has 1 saturated carbocycles. The Morgan fingerprint density at radius 1 is 1.40 bits per heavy atom. The summed E-state index contributed by atoms with van der Waals surface area (Å²) >= 11 is 0. The molecule has 110 valence electrons. The summed E-state index contributed by atoms with van der Waals surface area (Å²) in [6, 6.07) is 5.30. The van der Waals surface area contributed by atoms with Crippen LogP contribution < -0.4 is 5.32 Å². The second-order valence-electron chi connectivity index (χ2n) is 6.11. The van der Waals surface area contributed by atoms with Crippen molar-refractivity contribution < 1.29 is 15.0 Å². The number of carbonyl (C=O) groups is 1. The third kappa shape index (κ3) is 3.51. The molecule has 0 amide bonds. The highest BCUT2D eigenvalue weighted by Gasteiger charge is 2.31. The molecule has 0 unspecified atom stereocenters. The summed E-state index contributed by atoms with van der Waals surface area (Å²) in [6.07, 6.45) is 3.60. The Labute approximate surface area is 119 Å². The second-order valence-corrected chi connectivity index (χ2v) is 6.11. The van der Waals surface area contributed by atoms with E-state index in [9.17, 15) is 15.0 Å². The maximum atomic E-state index is 11.2. The summed E-state index contributed by atoms with van der Waals surface area (Å²) in [5.74, 6) is -0.273. The predicted octanol–water partition coefficient (Wildman–Crippen LogP) is 3.05. The van der Waals surface area contributed by atoms with E-state index in [0.29, 0.717) is 18.2 Å². The Morgan fingerprint density at radius 2 is 2.05 bits per heavy atom. The van der Waals surface area contributed by atoms with Crippen LogP contribution in [0.5, 0.6) is 0 Å². The number of aryl methyl sites for hydroxylation is 1. The molecule has 20 heavy (non-hydrogen) atoms. The lowest BCUT2D eigenvalue weighted by Gasteiger charge is -2.35. The highest BCUT2D eigenvalue weighted by molar-refractivity contribution is 5.94. The molecule has 0 bridgehead atoms. The molecule has 1 aromatic carbocycles. The van der Waals surface area contributed by atoms with Gasteiger partial charge in [0.25, 0.3) is 0 Å². The molecule has 4 heteroatoms. The maximum absolute atomic E-state index is 11.2. The molecule has 0 heterocycles. The van der Waals surface area contributed by atoms with Gasteiger partial charge in [0, 0.05) is 12.2 Å². The van der Waals surface area contributed by atoms with E-state index in [0.717, 1.165) is 31.2 Å². The van der Waals surface area contributed by atoms with E-state index >= 15 is 0 Å². The van der Waals surface area contributed by atoms with Crippen LogP contribution in [-0.2, 0) is 0 Å². The van der Waals surface area contributed by atoms with Gasteiger partial charge in [0.05, 0.1) is 11.2 Å². The number of carboxylic acid groups (broad SMARTS) is 1. The molecule has 1 aliphatic carbocycles. The van der Waals surface area contributed by atoms with Crippen LogP contribution in [0.1, 0.15) is 48.5 Å². The molecule has 1 aliphatic rings. The smallest absolute Gasteiger partial charge is 0.337 e. The van der Waals surface area contributed by atoms with Gasteiger partial charge in [-0.1, -0.05) is 18.6 Å². The van der Waals surface area contributed by atoms with Crippen molar-refractivity contribution >= 4 is 11.7 Å². The minimum Gasteiger partial charge on any atom is -0.478 e. The van der Waals surface area contributed by atoms with Crippen molar-refractivity contribution in [3.05, 3.63) is 29.3 Å². The molecule has 1 aromatic rings. The number of hydrogen-bond acceptors (Lipinski definition) is 3. The van der Waals surface area contributed by atoms with E-state index in [1.54, 1.807) is 12.1 Å². The van der Waals surface area contributed by atoms with Gasteiger partial charge >= 0.3 is 5.97 Å². The van der Waals surface area contributed by atoms with Gasteiger partial charge in [0.15, 0.2) is 0 Å². The number of hydrogen-bond donors (Lipinski definition) is 3. The standard InChI is InChI=1S/C16H23NO3/c1-11-5-7-16(20,8-6-11)10-17-14-4-3-12(2)9-13(14)15(18)19/h3-4,9,11,17,20H,5-8,10H2,1-2H3,(H,18,19). The van der Waals surface area contributed by atoms with Crippen molar-refractivity contribution in [2.24, 2.45) is 5.92 Å². The molecule has 4 nitrogen and oxygen atoms in total. The zero-order chi connectivity index (χ0) is 14.8. The van der Waals surface area contributed by atoms with Crippen LogP contribution in [0.3, 0.4) is 0 Å². The SMILES string of the molecule is Cc1ccc(NCC2(O)CCC(C)CC2)c(C(=O)O)c1. The Morgan fingerprint density at radius 3 is 2.65 bits per heavy atom. The first-order valence-corrected chi connectivity index (χ1v) is 7.20. The minimum atomic E-state index is -0.944. The molecule has 0 aliphatic heterocycles.